The standard InChI is InChI=1S/C24H19NO3/c26-23(25-22(17-28-24(25)27)20-11-5-2-6-12-20)15-14-18-8-7-13-21(16-18)19-9-3-1-4-10-19/h1-16,22H,17H2/b15-14+/t22-/m1/s1/i17D2. The van der Waals surface area contributed by atoms with E-state index in [1.807, 2.05) is 54.6 Å². The van der Waals surface area contributed by atoms with Gasteiger partial charge in [-0.3, -0.25) is 4.79 Å². The molecule has 0 spiro atoms. The van der Waals surface area contributed by atoms with Gasteiger partial charge >= 0.3 is 6.09 Å². The Hall–Kier alpha value is -3.66. The Labute approximate surface area is 166 Å². The Bertz CT molecular complexity index is 1100. The van der Waals surface area contributed by atoms with Gasteiger partial charge in [-0.2, -0.15) is 0 Å². The highest BCUT2D eigenvalue weighted by molar-refractivity contribution is 6.02. The van der Waals surface area contributed by atoms with E-state index >= 15 is 0 Å². The van der Waals surface area contributed by atoms with E-state index in [-0.39, 0.29) is 0 Å². The van der Waals surface area contributed by atoms with Crippen molar-refractivity contribution in [3.05, 3.63) is 102 Å². The van der Waals surface area contributed by atoms with E-state index < -0.39 is 24.6 Å². The van der Waals surface area contributed by atoms with E-state index in [1.165, 1.54) is 6.08 Å². The molecule has 138 valence electrons. The van der Waals surface area contributed by atoms with Gasteiger partial charge in [0.15, 0.2) is 0 Å². The van der Waals surface area contributed by atoms with Gasteiger partial charge in [0, 0.05) is 6.08 Å². The number of nitrogens with zero attached hydrogens (tertiary/aromatic N) is 1. The molecule has 1 heterocycles. The zero-order chi connectivity index (χ0) is 21.1. The molecule has 4 heteroatoms. The summed E-state index contributed by atoms with van der Waals surface area (Å²) in [6.07, 6.45) is 1.88. The van der Waals surface area contributed by atoms with Gasteiger partial charge in [-0.25, -0.2) is 9.69 Å². The minimum absolute atomic E-state index is 0.487. The number of rotatable bonds is 4. The van der Waals surface area contributed by atoms with Gasteiger partial charge in [0.1, 0.15) is 12.6 Å². The van der Waals surface area contributed by atoms with Crippen LogP contribution in [0.1, 0.15) is 19.9 Å². The van der Waals surface area contributed by atoms with Gasteiger partial charge in [0.2, 0.25) is 0 Å². The van der Waals surface area contributed by atoms with Crippen LogP contribution in [0.4, 0.5) is 4.79 Å². The summed E-state index contributed by atoms with van der Waals surface area (Å²) >= 11 is 0. The molecule has 3 aromatic rings. The van der Waals surface area contributed by atoms with Gasteiger partial charge in [0.25, 0.3) is 5.91 Å². The number of hydrogen-bond acceptors (Lipinski definition) is 3. The maximum Gasteiger partial charge on any atom is 0.417 e. The van der Waals surface area contributed by atoms with Crippen LogP contribution in [0.3, 0.4) is 0 Å². The number of ether oxygens (including phenoxy) is 1. The van der Waals surface area contributed by atoms with E-state index in [0.29, 0.717) is 5.56 Å². The Morgan fingerprint density at radius 3 is 2.39 bits per heavy atom. The second-order valence-corrected chi connectivity index (χ2v) is 6.33. The van der Waals surface area contributed by atoms with E-state index in [2.05, 4.69) is 0 Å². The maximum absolute atomic E-state index is 12.8. The Morgan fingerprint density at radius 2 is 1.64 bits per heavy atom. The molecule has 0 aromatic heterocycles. The lowest BCUT2D eigenvalue weighted by Gasteiger charge is -2.18. The van der Waals surface area contributed by atoms with Crippen molar-refractivity contribution in [3.8, 4) is 11.1 Å². The summed E-state index contributed by atoms with van der Waals surface area (Å²) < 4.78 is 21.0. The van der Waals surface area contributed by atoms with Crippen LogP contribution >= 0.6 is 0 Å². The van der Waals surface area contributed by atoms with Gasteiger partial charge in [-0.1, -0.05) is 78.9 Å². The molecule has 4 nitrogen and oxygen atoms in total. The number of cyclic esters (lactones) is 1. The van der Waals surface area contributed by atoms with Gasteiger partial charge < -0.3 is 4.74 Å². The topological polar surface area (TPSA) is 46.6 Å². The van der Waals surface area contributed by atoms with Crippen molar-refractivity contribution >= 4 is 18.1 Å². The molecule has 4 rings (SSSR count). The molecule has 0 aliphatic carbocycles. The van der Waals surface area contributed by atoms with Crippen molar-refractivity contribution < 1.29 is 17.1 Å². The summed E-state index contributed by atoms with van der Waals surface area (Å²) in [4.78, 5) is 25.9. The number of imide groups is 1. The second-order valence-electron chi connectivity index (χ2n) is 6.33. The first-order valence-corrected chi connectivity index (χ1v) is 8.90. The fourth-order valence-corrected chi connectivity index (χ4v) is 3.08. The molecule has 0 saturated carbocycles. The third-order valence-electron chi connectivity index (χ3n) is 4.48. The lowest BCUT2D eigenvalue weighted by atomic mass is 10.0. The normalized spacial score (nSPS) is 19.2. The minimum atomic E-state index is -2.31. The lowest BCUT2D eigenvalue weighted by Crippen LogP contribution is -2.32. The molecule has 1 aliphatic heterocycles. The van der Waals surface area contributed by atoms with Crippen LogP contribution in [-0.4, -0.2) is 23.5 Å². The fraction of sp³-hybridized carbons (Fsp3) is 0.0833. The van der Waals surface area contributed by atoms with Gasteiger partial charge in [0.05, 0.1) is 2.74 Å². The molecule has 2 amide bonds. The van der Waals surface area contributed by atoms with Gasteiger partial charge in [-0.15, -0.1) is 0 Å². The summed E-state index contributed by atoms with van der Waals surface area (Å²) in [5, 5.41) is 0. The number of benzene rings is 3. The van der Waals surface area contributed by atoms with Crippen LogP contribution < -0.4 is 0 Å². The minimum Gasteiger partial charge on any atom is -0.446 e. The van der Waals surface area contributed by atoms with Crippen LogP contribution in [0, 0.1) is 0 Å². The second kappa shape index (κ2) is 7.92. The quantitative estimate of drug-likeness (QED) is 0.600. The molecule has 1 fully saturated rings. The molecule has 0 N–H and O–H groups in total. The van der Waals surface area contributed by atoms with Crippen molar-refractivity contribution in [3.63, 3.8) is 0 Å². The largest absolute Gasteiger partial charge is 0.446 e. The van der Waals surface area contributed by atoms with Crippen LogP contribution in [0.15, 0.2) is 91.0 Å². The molecule has 1 atom stereocenters. The highest BCUT2D eigenvalue weighted by atomic mass is 16.6. The smallest absolute Gasteiger partial charge is 0.417 e. The lowest BCUT2D eigenvalue weighted by molar-refractivity contribution is -0.124. The summed E-state index contributed by atoms with van der Waals surface area (Å²) in [7, 11) is 0. The predicted octanol–water partition coefficient (Wildman–Crippen LogP) is 5.09. The molecular formula is C24H19NO3. The van der Waals surface area contributed by atoms with Crippen LogP contribution in [0.25, 0.3) is 17.2 Å². The zero-order valence-corrected chi connectivity index (χ0v) is 15.0. The third-order valence-corrected chi connectivity index (χ3v) is 4.48. The van der Waals surface area contributed by atoms with E-state index in [0.717, 1.165) is 21.6 Å². The van der Waals surface area contributed by atoms with Crippen LogP contribution in [0.2, 0.25) is 0 Å². The highest BCUT2D eigenvalue weighted by Crippen LogP contribution is 2.28. The molecule has 1 aliphatic rings. The molecule has 1 saturated heterocycles. The monoisotopic (exact) mass is 371 g/mol. The molecular weight excluding hydrogens is 350 g/mol. The first kappa shape index (κ1) is 15.4. The number of amides is 2. The third kappa shape index (κ3) is 3.71. The van der Waals surface area contributed by atoms with Gasteiger partial charge in [-0.05, 0) is 34.4 Å². The first-order chi connectivity index (χ1) is 14.5. The SMILES string of the molecule is [2H]C1([2H])OC(=O)N(C(=O)/C=C/c2cccc(-c3ccccc3)c2)[C@H]1c1ccccc1. The van der Waals surface area contributed by atoms with Crippen molar-refractivity contribution in [2.75, 3.05) is 6.56 Å². The van der Waals surface area contributed by atoms with Crippen molar-refractivity contribution in [1.29, 1.82) is 0 Å². The summed E-state index contributed by atoms with van der Waals surface area (Å²) in [5.74, 6) is -0.639. The van der Waals surface area contributed by atoms with Crippen LogP contribution in [0.5, 0.6) is 0 Å². The first-order valence-electron chi connectivity index (χ1n) is 9.90. The molecule has 28 heavy (non-hydrogen) atoms. The molecule has 0 unspecified atom stereocenters. The summed E-state index contributed by atoms with van der Waals surface area (Å²) in [5.41, 5.74) is 3.33. The Kier molecular flexibility index (Phi) is 4.36. The summed E-state index contributed by atoms with van der Waals surface area (Å²) in [6.45, 7) is -2.31. The average Bonchev–Trinajstić information content (AvgIpc) is 3.01. The van der Waals surface area contributed by atoms with E-state index in [1.54, 1.807) is 36.4 Å². The van der Waals surface area contributed by atoms with Crippen molar-refractivity contribution in [2.24, 2.45) is 0 Å². The van der Waals surface area contributed by atoms with E-state index in [4.69, 9.17) is 7.48 Å². The number of carbonyl (C=O) groups excluding carboxylic acids is 2. The Morgan fingerprint density at radius 1 is 0.964 bits per heavy atom. The highest BCUT2D eigenvalue weighted by Gasteiger charge is 2.37. The molecule has 0 bridgehead atoms. The maximum atomic E-state index is 12.8. The van der Waals surface area contributed by atoms with Crippen LogP contribution in [-0.2, 0) is 9.53 Å². The number of hydrogen-bond donors (Lipinski definition) is 0. The Balaban J connectivity index is 1.60. The fourth-order valence-electron chi connectivity index (χ4n) is 3.08. The zero-order valence-electron chi connectivity index (χ0n) is 17.0. The summed E-state index contributed by atoms with van der Waals surface area (Å²) in [6, 6.07) is 24.9. The van der Waals surface area contributed by atoms with Crippen molar-refractivity contribution in [1.82, 2.24) is 4.90 Å². The molecule has 0 radical (unpaired) electrons. The van der Waals surface area contributed by atoms with E-state index in [9.17, 15) is 9.59 Å². The average molecular weight is 371 g/mol. The molecule has 3 aromatic carbocycles. The predicted molar refractivity (Wildman–Crippen MR) is 108 cm³/mol. The van der Waals surface area contributed by atoms with Crippen molar-refractivity contribution in [2.45, 2.75) is 6.04 Å². The number of carbonyl (C=O) groups is 2.